The third-order valence-electron chi connectivity index (χ3n) is 4.77. The van der Waals surface area contributed by atoms with Crippen molar-refractivity contribution in [3.05, 3.63) is 59.2 Å². The Hall–Kier alpha value is -1.96. The van der Waals surface area contributed by atoms with Crippen molar-refractivity contribution in [1.82, 2.24) is 0 Å². The average Bonchev–Trinajstić information content (AvgIpc) is 2.63. The van der Waals surface area contributed by atoms with Crippen LogP contribution in [-0.4, -0.2) is 0 Å². The summed E-state index contributed by atoms with van der Waals surface area (Å²) in [6.07, 6.45) is 1.05. The first-order chi connectivity index (χ1) is 9.36. The van der Waals surface area contributed by atoms with Gasteiger partial charge in [0.1, 0.15) is 0 Å². The maximum atomic E-state index is 6.34. The van der Waals surface area contributed by atoms with Gasteiger partial charge in [0.2, 0.25) is 0 Å². The van der Waals surface area contributed by atoms with E-state index in [0.717, 1.165) is 12.1 Å². The summed E-state index contributed by atoms with van der Waals surface area (Å²) in [6, 6.07) is 14.7. The largest absolute Gasteiger partial charge is 0.397 e. The van der Waals surface area contributed by atoms with Crippen LogP contribution >= 0.6 is 0 Å². The molecule has 1 atom stereocenters. The van der Waals surface area contributed by atoms with Gasteiger partial charge in [-0.05, 0) is 34.6 Å². The van der Waals surface area contributed by atoms with Gasteiger partial charge in [-0.1, -0.05) is 57.2 Å². The second-order valence-corrected chi connectivity index (χ2v) is 6.75. The Bertz CT molecular complexity index is 659. The van der Waals surface area contributed by atoms with E-state index >= 15 is 0 Å². The van der Waals surface area contributed by atoms with E-state index in [0.29, 0.717) is 5.69 Å². The molecule has 2 nitrogen and oxygen atoms in total. The normalized spacial score (nSPS) is 23.6. The zero-order valence-electron chi connectivity index (χ0n) is 12.4. The highest BCUT2D eigenvalue weighted by Crippen LogP contribution is 2.55. The van der Waals surface area contributed by atoms with Gasteiger partial charge < -0.3 is 11.5 Å². The molecule has 2 aromatic carbocycles. The Morgan fingerprint density at radius 1 is 0.900 bits per heavy atom. The highest BCUT2D eigenvalue weighted by molar-refractivity contribution is 5.75. The summed E-state index contributed by atoms with van der Waals surface area (Å²) < 4.78 is 0. The van der Waals surface area contributed by atoms with Gasteiger partial charge >= 0.3 is 0 Å². The molecule has 0 radical (unpaired) electrons. The van der Waals surface area contributed by atoms with Crippen molar-refractivity contribution in [2.24, 2.45) is 0 Å². The highest BCUT2D eigenvalue weighted by Gasteiger charge is 2.47. The van der Waals surface area contributed by atoms with Gasteiger partial charge in [-0.25, -0.2) is 0 Å². The van der Waals surface area contributed by atoms with E-state index in [9.17, 15) is 0 Å². The molecule has 0 fully saturated rings. The van der Waals surface area contributed by atoms with E-state index in [4.69, 9.17) is 11.5 Å². The zero-order valence-corrected chi connectivity index (χ0v) is 12.4. The van der Waals surface area contributed by atoms with Crippen LogP contribution in [0.5, 0.6) is 0 Å². The highest BCUT2D eigenvalue weighted by atomic mass is 14.7. The molecule has 0 bridgehead atoms. The summed E-state index contributed by atoms with van der Waals surface area (Å²) in [6.45, 7) is 6.86. The zero-order chi connectivity index (χ0) is 14.5. The Labute approximate surface area is 120 Å². The quantitative estimate of drug-likeness (QED) is 0.770. The lowest BCUT2D eigenvalue weighted by molar-refractivity contribution is 0.425. The standard InChI is InChI=1S/C18H22N2/c1-17(2)11-18(3,12-7-5-4-6-8-12)15-13(17)9-10-14(19)16(15)20/h4-10H,11,19-20H2,1-3H3. The van der Waals surface area contributed by atoms with Crippen LogP contribution in [0.3, 0.4) is 0 Å². The molecule has 0 spiro atoms. The van der Waals surface area contributed by atoms with Gasteiger partial charge in [-0.2, -0.15) is 0 Å². The predicted octanol–water partition coefficient (Wildman–Crippen LogP) is 3.84. The number of nitrogens with two attached hydrogens (primary N) is 2. The topological polar surface area (TPSA) is 52.0 Å². The number of rotatable bonds is 1. The average molecular weight is 266 g/mol. The minimum atomic E-state index is -0.0699. The molecule has 0 aromatic heterocycles. The van der Waals surface area contributed by atoms with Crippen molar-refractivity contribution >= 4 is 11.4 Å². The summed E-state index contributed by atoms with van der Waals surface area (Å²) in [7, 11) is 0. The Morgan fingerprint density at radius 3 is 2.20 bits per heavy atom. The lowest BCUT2D eigenvalue weighted by atomic mass is 9.74. The van der Waals surface area contributed by atoms with Crippen LogP contribution in [0.25, 0.3) is 0 Å². The maximum absolute atomic E-state index is 6.34. The van der Waals surface area contributed by atoms with Gasteiger partial charge in [0, 0.05) is 5.41 Å². The Morgan fingerprint density at radius 2 is 1.55 bits per heavy atom. The summed E-state index contributed by atoms with van der Waals surface area (Å²) in [4.78, 5) is 0. The molecular formula is C18H22N2. The molecule has 1 aliphatic rings. The third kappa shape index (κ3) is 1.64. The molecule has 2 heteroatoms. The van der Waals surface area contributed by atoms with Crippen LogP contribution in [0.4, 0.5) is 11.4 Å². The SMILES string of the molecule is CC1(C)CC(C)(c2ccccc2)c2c1ccc(N)c2N. The van der Waals surface area contributed by atoms with Crippen molar-refractivity contribution in [2.45, 2.75) is 38.0 Å². The van der Waals surface area contributed by atoms with E-state index in [1.807, 2.05) is 6.07 Å². The molecule has 4 N–H and O–H groups in total. The molecular weight excluding hydrogens is 244 g/mol. The fourth-order valence-corrected chi connectivity index (χ4v) is 3.91. The first-order valence-electron chi connectivity index (χ1n) is 7.11. The molecule has 20 heavy (non-hydrogen) atoms. The number of hydrogen-bond acceptors (Lipinski definition) is 2. The summed E-state index contributed by atoms with van der Waals surface area (Å²) >= 11 is 0. The van der Waals surface area contributed by atoms with Crippen molar-refractivity contribution in [1.29, 1.82) is 0 Å². The lowest BCUT2D eigenvalue weighted by Crippen LogP contribution is -2.24. The Kier molecular flexibility index (Phi) is 2.62. The minimum absolute atomic E-state index is 0.0699. The molecule has 1 unspecified atom stereocenters. The third-order valence-corrected chi connectivity index (χ3v) is 4.77. The Balaban J connectivity index is 2.31. The van der Waals surface area contributed by atoms with Crippen LogP contribution in [0, 0.1) is 0 Å². The number of nitrogen functional groups attached to an aromatic ring is 2. The second-order valence-electron chi connectivity index (χ2n) is 6.75. The number of hydrogen-bond donors (Lipinski definition) is 2. The number of benzene rings is 2. The van der Waals surface area contributed by atoms with Gasteiger partial charge in [0.25, 0.3) is 0 Å². The summed E-state index contributed by atoms with van der Waals surface area (Å²) in [5, 5.41) is 0. The molecule has 0 heterocycles. The smallest absolute Gasteiger partial charge is 0.0592 e. The van der Waals surface area contributed by atoms with Crippen LogP contribution < -0.4 is 11.5 Å². The minimum Gasteiger partial charge on any atom is -0.397 e. The first-order valence-corrected chi connectivity index (χ1v) is 7.11. The van der Waals surface area contributed by atoms with E-state index in [2.05, 4.69) is 57.2 Å². The molecule has 0 aliphatic heterocycles. The van der Waals surface area contributed by atoms with Crippen molar-refractivity contribution in [3.8, 4) is 0 Å². The second kappa shape index (κ2) is 4.02. The monoisotopic (exact) mass is 266 g/mol. The summed E-state index contributed by atoms with van der Waals surface area (Å²) in [5.41, 5.74) is 17.7. The van der Waals surface area contributed by atoms with Crippen molar-refractivity contribution < 1.29 is 0 Å². The molecule has 2 aromatic rings. The van der Waals surface area contributed by atoms with Gasteiger partial charge in [-0.15, -0.1) is 0 Å². The molecule has 0 saturated carbocycles. The first kappa shape index (κ1) is 13.0. The van der Waals surface area contributed by atoms with Crippen LogP contribution in [-0.2, 0) is 10.8 Å². The van der Waals surface area contributed by atoms with E-state index in [1.54, 1.807) is 0 Å². The molecule has 104 valence electrons. The van der Waals surface area contributed by atoms with Gasteiger partial charge in [0.15, 0.2) is 0 Å². The number of anilines is 2. The molecule has 0 saturated heterocycles. The van der Waals surface area contributed by atoms with E-state index < -0.39 is 0 Å². The molecule has 1 aliphatic carbocycles. The van der Waals surface area contributed by atoms with Crippen LogP contribution in [0.1, 0.15) is 43.9 Å². The van der Waals surface area contributed by atoms with Gasteiger partial charge in [-0.3, -0.25) is 0 Å². The molecule has 0 amide bonds. The summed E-state index contributed by atoms with van der Waals surface area (Å²) in [5.74, 6) is 0. The maximum Gasteiger partial charge on any atom is 0.0592 e. The van der Waals surface area contributed by atoms with Gasteiger partial charge in [0.05, 0.1) is 11.4 Å². The van der Waals surface area contributed by atoms with E-state index in [1.165, 1.54) is 16.7 Å². The predicted molar refractivity (Wildman–Crippen MR) is 85.8 cm³/mol. The van der Waals surface area contributed by atoms with Crippen molar-refractivity contribution in [3.63, 3.8) is 0 Å². The molecule has 3 rings (SSSR count). The van der Waals surface area contributed by atoms with E-state index in [-0.39, 0.29) is 10.8 Å². The van der Waals surface area contributed by atoms with Crippen LogP contribution in [0.15, 0.2) is 42.5 Å². The number of fused-ring (bicyclic) bond motifs is 1. The van der Waals surface area contributed by atoms with Crippen LogP contribution in [0.2, 0.25) is 0 Å². The lowest BCUT2D eigenvalue weighted by Gasteiger charge is -2.29. The fraction of sp³-hybridized carbons (Fsp3) is 0.333. The fourth-order valence-electron chi connectivity index (χ4n) is 3.91. The van der Waals surface area contributed by atoms with Crippen molar-refractivity contribution in [2.75, 3.05) is 11.5 Å².